The van der Waals surface area contributed by atoms with Gasteiger partial charge in [0.1, 0.15) is 13.2 Å². The summed E-state index contributed by atoms with van der Waals surface area (Å²) in [5.74, 6) is 1.33. The number of ketones is 1. The van der Waals surface area contributed by atoms with E-state index in [1.807, 2.05) is 24.3 Å². The Bertz CT molecular complexity index is 854. The van der Waals surface area contributed by atoms with Crippen LogP contribution in [0.25, 0.3) is 0 Å². The second-order valence-corrected chi connectivity index (χ2v) is 7.51. The zero-order chi connectivity index (χ0) is 20.1. The molecule has 0 saturated carbocycles. The SMILES string of the molecule is O=C(CNCC(c1ccccc1Cl)N1CCOCC1)c1ccc2c(c1)OCCO2. The van der Waals surface area contributed by atoms with Crippen LogP contribution < -0.4 is 14.8 Å². The molecule has 7 heteroatoms. The predicted molar refractivity (Wildman–Crippen MR) is 111 cm³/mol. The lowest BCUT2D eigenvalue weighted by molar-refractivity contribution is 0.0162. The largest absolute Gasteiger partial charge is 0.486 e. The average molecular weight is 417 g/mol. The standard InChI is InChI=1S/C22H25ClN2O4/c23-18-4-2-1-3-17(18)19(25-7-9-27-10-8-25)14-24-15-20(26)16-5-6-21-22(13-16)29-12-11-28-21/h1-6,13,19,24H,7-12,14-15H2. The highest BCUT2D eigenvalue weighted by Crippen LogP contribution is 2.31. The Hall–Kier alpha value is -2.12. The van der Waals surface area contributed by atoms with Gasteiger partial charge >= 0.3 is 0 Å². The molecule has 154 valence electrons. The molecule has 2 heterocycles. The molecular formula is C22H25ClN2O4. The molecule has 4 rings (SSSR count). The van der Waals surface area contributed by atoms with Crippen LogP contribution in [0.5, 0.6) is 11.5 Å². The summed E-state index contributed by atoms with van der Waals surface area (Å²) in [7, 11) is 0. The second kappa shape index (κ2) is 9.59. The van der Waals surface area contributed by atoms with E-state index >= 15 is 0 Å². The van der Waals surface area contributed by atoms with Gasteiger partial charge in [0.25, 0.3) is 0 Å². The van der Waals surface area contributed by atoms with Crippen molar-refractivity contribution in [1.82, 2.24) is 10.2 Å². The van der Waals surface area contributed by atoms with Crippen molar-refractivity contribution in [2.24, 2.45) is 0 Å². The highest BCUT2D eigenvalue weighted by atomic mass is 35.5. The maximum atomic E-state index is 12.7. The number of benzene rings is 2. The number of hydrogen-bond acceptors (Lipinski definition) is 6. The zero-order valence-corrected chi connectivity index (χ0v) is 17.0. The number of morpholine rings is 1. The monoisotopic (exact) mass is 416 g/mol. The van der Waals surface area contributed by atoms with Crippen LogP contribution in [0.3, 0.4) is 0 Å². The minimum absolute atomic E-state index is 0.0156. The molecule has 0 bridgehead atoms. The van der Waals surface area contributed by atoms with Crippen molar-refractivity contribution < 1.29 is 19.0 Å². The molecule has 1 atom stereocenters. The number of hydrogen-bond donors (Lipinski definition) is 1. The Kier molecular flexibility index (Phi) is 6.67. The van der Waals surface area contributed by atoms with Gasteiger partial charge in [-0.15, -0.1) is 0 Å². The van der Waals surface area contributed by atoms with Crippen LogP contribution in [0.15, 0.2) is 42.5 Å². The molecule has 0 aliphatic carbocycles. The van der Waals surface area contributed by atoms with Gasteiger partial charge in [-0.1, -0.05) is 29.8 Å². The summed E-state index contributed by atoms with van der Waals surface area (Å²) >= 11 is 6.46. The first-order valence-corrected chi connectivity index (χ1v) is 10.3. The van der Waals surface area contributed by atoms with E-state index in [1.165, 1.54) is 0 Å². The smallest absolute Gasteiger partial charge is 0.176 e. The third-order valence-electron chi connectivity index (χ3n) is 5.24. The van der Waals surface area contributed by atoms with Gasteiger partial charge in [-0.25, -0.2) is 0 Å². The van der Waals surface area contributed by atoms with Crippen LogP contribution in [0.1, 0.15) is 22.0 Å². The minimum Gasteiger partial charge on any atom is -0.486 e. The van der Waals surface area contributed by atoms with Gasteiger partial charge in [-0.3, -0.25) is 9.69 Å². The molecule has 2 aromatic carbocycles. The Balaban J connectivity index is 1.41. The summed E-state index contributed by atoms with van der Waals surface area (Å²) in [6.45, 7) is 5.00. The summed E-state index contributed by atoms with van der Waals surface area (Å²) < 4.78 is 16.6. The summed E-state index contributed by atoms with van der Waals surface area (Å²) in [5.41, 5.74) is 1.68. The Morgan fingerprint density at radius 2 is 1.79 bits per heavy atom. The third-order valence-corrected chi connectivity index (χ3v) is 5.58. The number of fused-ring (bicyclic) bond motifs is 1. The van der Waals surface area contributed by atoms with E-state index in [-0.39, 0.29) is 18.4 Å². The van der Waals surface area contributed by atoms with Crippen molar-refractivity contribution >= 4 is 17.4 Å². The molecule has 1 fully saturated rings. The van der Waals surface area contributed by atoms with Crippen LogP contribution in [0.4, 0.5) is 0 Å². The van der Waals surface area contributed by atoms with Gasteiger partial charge in [0.2, 0.25) is 0 Å². The van der Waals surface area contributed by atoms with Crippen molar-refractivity contribution in [3.8, 4) is 11.5 Å². The molecule has 2 aromatic rings. The van der Waals surface area contributed by atoms with E-state index in [0.717, 1.165) is 23.7 Å². The van der Waals surface area contributed by atoms with E-state index in [4.69, 9.17) is 25.8 Å². The van der Waals surface area contributed by atoms with Crippen LogP contribution in [0.2, 0.25) is 5.02 Å². The zero-order valence-electron chi connectivity index (χ0n) is 16.2. The molecule has 0 spiro atoms. The van der Waals surface area contributed by atoms with Crippen LogP contribution in [0, 0.1) is 0 Å². The first-order chi connectivity index (χ1) is 14.2. The number of carbonyl (C=O) groups is 1. The fourth-order valence-electron chi connectivity index (χ4n) is 3.71. The molecule has 1 unspecified atom stereocenters. The normalized spacial score (nSPS) is 17.7. The maximum absolute atomic E-state index is 12.7. The highest BCUT2D eigenvalue weighted by Gasteiger charge is 2.24. The number of carbonyl (C=O) groups excluding carboxylic acids is 1. The van der Waals surface area contributed by atoms with Gasteiger partial charge in [-0.2, -0.15) is 0 Å². The maximum Gasteiger partial charge on any atom is 0.176 e. The topological polar surface area (TPSA) is 60.0 Å². The van der Waals surface area contributed by atoms with Crippen molar-refractivity contribution in [3.63, 3.8) is 0 Å². The van der Waals surface area contributed by atoms with Crippen molar-refractivity contribution in [2.45, 2.75) is 6.04 Å². The van der Waals surface area contributed by atoms with E-state index < -0.39 is 0 Å². The third kappa shape index (κ3) is 4.90. The first kappa shape index (κ1) is 20.2. The van der Waals surface area contributed by atoms with E-state index in [1.54, 1.807) is 18.2 Å². The van der Waals surface area contributed by atoms with E-state index in [0.29, 0.717) is 50.0 Å². The molecule has 0 amide bonds. The lowest BCUT2D eigenvalue weighted by Gasteiger charge is -2.35. The Morgan fingerprint density at radius 3 is 2.59 bits per heavy atom. The quantitative estimate of drug-likeness (QED) is 0.700. The summed E-state index contributed by atoms with van der Waals surface area (Å²) in [4.78, 5) is 15.0. The average Bonchev–Trinajstić information content (AvgIpc) is 2.77. The van der Waals surface area contributed by atoms with Gasteiger partial charge in [0.05, 0.1) is 19.8 Å². The minimum atomic E-state index is 0.0156. The van der Waals surface area contributed by atoms with Crippen molar-refractivity contribution in [3.05, 3.63) is 58.6 Å². The highest BCUT2D eigenvalue weighted by molar-refractivity contribution is 6.31. The van der Waals surface area contributed by atoms with Crippen LogP contribution in [-0.2, 0) is 4.74 Å². The summed E-state index contributed by atoms with van der Waals surface area (Å²) in [6, 6.07) is 13.3. The summed E-state index contributed by atoms with van der Waals surface area (Å²) in [5, 5.41) is 4.06. The van der Waals surface area contributed by atoms with Gasteiger partial charge < -0.3 is 19.5 Å². The molecule has 2 aliphatic heterocycles. The van der Waals surface area contributed by atoms with Crippen LogP contribution in [-0.4, -0.2) is 63.3 Å². The molecule has 0 radical (unpaired) electrons. The molecule has 1 saturated heterocycles. The fraction of sp³-hybridized carbons (Fsp3) is 0.409. The lowest BCUT2D eigenvalue weighted by atomic mass is 10.0. The van der Waals surface area contributed by atoms with Gasteiger partial charge in [0.15, 0.2) is 17.3 Å². The molecule has 1 N–H and O–H groups in total. The number of rotatable bonds is 7. The number of ether oxygens (including phenoxy) is 3. The van der Waals surface area contributed by atoms with Crippen molar-refractivity contribution in [2.75, 3.05) is 52.6 Å². The fourth-order valence-corrected chi connectivity index (χ4v) is 3.97. The number of Topliss-reactive ketones (excluding diaryl/α,β-unsaturated/α-hetero) is 1. The molecule has 6 nitrogen and oxygen atoms in total. The predicted octanol–water partition coefficient (Wildman–Crippen LogP) is 2.96. The molecule has 0 aromatic heterocycles. The lowest BCUT2D eigenvalue weighted by Crippen LogP contribution is -2.43. The van der Waals surface area contributed by atoms with Crippen molar-refractivity contribution in [1.29, 1.82) is 0 Å². The number of halogens is 1. The van der Waals surface area contributed by atoms with Crippen LogP contribution >= 0.6 is 11.6 Å². The Labute approximate surface area is 175 Å². The number of nitrogens with zero attached hydrogens (tertiary/aromatic N) is 1. The summed E-state index contributed by atoms with van der Waals surface area (Å²) in [6.07, 6.45) is 0. The van der Waals surface area contributed by atoms with Gasteiger partial charge in [-0.05, 0) is 29.8 Å². The second-order valence-electron chi connectivity index (χ2n) is 7.10. The molecule has 2 aliphatic rings. The van der Waals surface area contributed by atoms with E-state index in [9.17, 15) is 4.79 Å². The molecular weight excluding hydrogens is 392 g/mol. The van der Waals surface area contributed by atoms with Gasteiger partial charge in [0, 0.05) is 36.3 Å². The van der Waals surface area contributed by atoms with E-state index in [2.05, 4.69) is 10.2 Å². The molecule has 29 heavy (non-hydrogen) atoms. The Morgan fingerprint density at radius 1 is 1.03 bits per heavy atom. The first-order valence-electron chi connectivity index (χ1n) is 9.92. The number of nitrogens with one attached hydrogen (secondary N) is 1.